The highest BCUT2D eigenvalue weighted by atomic mass is 16.6. The molecule has 1 unspecified atom stereocenters. The summed E-state index contributed by atoms with van der Waals surface area (Å²) in [4.78, 5) is 25.4. The molecule has 380 valence electrons. The number of carbonyl (C=O) groups excluding carboxylic acids is 2. The average Bonchev–Trinajstić information content (AvgIpc) is 3.32. The molecule has 5 nitrogen and oxygen atoms in total. The highest BCUT2D eigenvalue weighted by Gasteiger charge is 2.17. The smallest absolute Gasteiger partial charge is 0.306 e. The van der Waals surface area contributed by atoms with E-state index in [-0.39, 0.29) is 25.2 Å². The molecule has 0 aliphatic heterocycles. The molecular formula is C61H106O5. The van der Waals surface area contributed by atoms with E-state index < -0.39 is 6.10 Å². The summed E-state index contributed by atoms with van der Waals surface area (Å²) in [5.74, 6) is -0.490. The van der Waals surface area contributed by atoms with Gasteiger partial charge in [-0.2, -0.15) is 0 Å². The van der Waals surface area contributed by atoms with Crippen molar-refractivity contribution in [3.8, 4) is 0 Å². The van der Waals surface area contributed by atoms with E-state index in [9.17, 15) is 9.59 Å². The molecular weight excluding hydrogens is 813 g/mol. The molecule has 0 bridgehead atoms. The fourth-order valence-corrected chi connectivity index (χ4v) is 7.77. The molecule has 0 aromatic rings. The van der Waals surface area contributed by atoms with Crippen molar-refractivity contribution >= 4 is 11.9 Å². The Hall–Kier alpha value is -2.92. The van der Waals surface area contributed by atoms with Gasteiger partial charge in [-0.25, -0.2) is 0 Å². The highest BCUT2D eigenvalue weighted by molar-refractivity contribution is 5.70. The highest BCUT2D eigenvalue weighted by Crippen LogP contribution is 2.15. The van der Waals surface area contributed by atoms with Crippen LogP contribution in [0.4, 0.5) is 0 Å². The van der Waals surface area contributed by atoms with Crippen LogP contribution in [-0.4, -0.2) is 37.9 Å². The Bertz CT molecular complexity index is 1220. The third-order valence-corrected chi connectivity index (χ3v) is 11.9. The van der Waals surface area contributed by atoms with Crippen LogP contribution in [0.5, 0.6) is 0 Å². The van der Waals surface area contributed by atoms with E-state index in [4.69, 9.17) is 14.2 Å². The maximum atomic E-state index is 12.8. The van der Waals surface area contributed by atoms with E-state index in [2.05, 4.69) is 99.8 Å². The number of carbonyl (C=O) groups is 2. The van der Waals surface area contributed by atoms with Crippen molar-refractivity contribution < 1.29 is 23.8 Å². The predicted molar refractivity (Wildman–Crippen MR) is 288 cm³/mol. The Balaban J connectivity index is 4.34. The first-order valence-corrected chi connectivity index (χ1v) is 28.1. The third kappa shape index (κ3) is 53.7. The zero-order valence-electron chi connectivity index (χ0n) is 43.7. The third-order valence-electron chi connectivity index (χ3n) is 11.9. The molecule has 0 heterocycles. The lowest BCUT2D eigenvalue weighted by atomic mass is 10.1. The fourth-order valence-electron chi connectivity index (χ4n) is 7.77. The van der Waals surface area contributed by atoms with Crippen LogP contribution < -0.4 is 0 Å². The summed E-state index contributed by atoms with van der Waals surface area (Å²) in [6.45, 7) is 7.65. The lowest BCUT2D eigenvalue weighted by Crippen LogP contribution is -2.30. The second kappa shape index (κ2) is 56.4. The molecule has 1 atom stereocenters. The van der Waals surface area contributed by atoms with Crippen molar-refractivity contribution in [2.75, 3.05) is 19.8 Å². The molecule has 0 rings (SSSR count). The van der Waals surface area contributed by atoms with Gasteiger partial charge >= 0.3 is 11.9 Å². The van der Waals surface area contributed by atoms with Crippen molar-refractivity contribution in [2.45, 2.75) is 271 Å². The second-order valence-corrected chi connectivity index (χ2v) is 18.5. The summed E-state index contributed by atoms with van der Waals surface area (Å²) in [7, 11) is 0. The van der Waals surface area contributed by atoms with E-state index >= 15 is 0 Å². The maximum Gasteiger partial charge on any atom is 0.306 e. The van der Waals surface area contributed by atoms with Gasteiger partial charge in [0.2, 0.25) is 0 Å². The first-order valence-electron chi connectivity index (χ1n) is 28.1. The molecule has 0 fully saturated rings. The molecule has 0 amide bonds. The normalized spacial score (nSPS) is 12.8. The molecule has 0 saturated carbocycles. The predicted octanol–water partition coefficient (Wildman–Crippen LogP) is 19.2. The van der Waals surface area contributed by atoms with Gasteiger partial charge in [0.25, 0.3) is 0 Å². The van der Waals surface area contributed by atoms with Crippen molar-refractivity contribution in [1.29, 1.82) is 0 Å². The van der Waals surface area contributed by atoms with E-state index in [1.165, 1.54) is 154 Å². The van der Waals surface area contributed by atoms with Crippen LogP contribution in [0.25, 0.3) is 0 Å². The molecule has 0 aromatic heterocycles. The summed E-state index contributed by atoms with van der Waals surface area (Å²) in [5.41, 5.74) is 0. The van der Waals surface area contributed by atoms with Crippen LogP contribution in [0, 0.1) is 0 Å². The van der Waals surface area contributed by atoms with Crippen molar-refractivity contribution in [1.82, 2.24) is 0 Å². The molecule has 0 spiro atoms. The van der Waals surface area contributed by atoms with E-state index in [1.807, 2.05) is 6.08 Å². The largest absolute Gasteiger partial charge is 0.462 e. The molecule has 0 aliphatic rings. The SMILES string of the molecule is CC/C=C\C/C=C\C/C=C\C/C=C\C/C=C\C/C=C\CCC(=O)OCC(COCCCCCCCCCCCCCC)OC(=O)CCCCCCCCCCC/C=C\CCCCCCCC. The van der Waals surface area contributed by atoms with Crippen LogP contribution in [0.3, 0.4) is 0 Å². The fraction of sp³-hybridized carbons (Fsp3) is 0.738. The number of allylic oxidation sites excluding steroid dienone is 14. The van der Waals surface area contributed by atoms with Gasteiger partial charge in [-0.15, -0.1) is 0 Å². The molecule has 66 heavy (non-hydrogen) atoms. The number of esters is 2. The molecule has 0 aliphatic carbocycles. The van der Waals surface area contributed by atoms with Gasteiger partial charge in [-0.1, -0.05) is 254 Å². The van der Waals surface area contributed by atoms with Crippen molar-refractivity contribution in [3.05, 3.63) is 85.1 Å². The second-order valence-electron chi connectivity index (χ2n) is 18.5. The summed E-state index contributed by atoms with van der Waals surface area (Å²) in [5, 5.41) is 0. The zero-order valence-corrected chi connectivity index (χ0v) is 43.7. The number of rotatable bonds is 51. The monoisotopic (exact) mass is 919 g/mol. The minimum Gasteiger partial charge on any atom is -0.462 e. The van der Waals surface area contributed by atoms with Gasteiger partial charge in [-0.3, -0.25) is 9.59 Å². The van der Waals surface area contributed by atoms with Crippen LogP contribution in [0.2, 0.25) is 0 Å². The van der Waals surface area contributed by atoms with Crippen LogP contribution >= 0.6 is 0 Å². The Morgan fingerprint density at radius 1 is 0.348 bits per heavy atom. The minimum atomic E-state index is -0.569. The summed E-state index contributed by atoms with van der Waals surface area (Å²) in [6.07, 6.45) is 74.7. The maximum absolute atomic E-state index is 12.8. The van der Waals surface area contributed by atoms with Gasteiger partial charge < -0.3 is 14.2 Å². The van der Waals surface area contributed by atoms with Gasteiger partial charge in [0.05, 0.1) is 6.61 Å². The average molecular weight is 920 g/mol. The van der Waals surface area contributed by atoms with E-state index in [1.54, 1.807) is 0 Å². The summed E-state index contributed by atoms with van der Waals surface area (Å²) in [6, 6.07) is 0. The van der Waals surface area contributed by atoms with Gasteiger partial charge in [0, 0.05) is 19.4 Å². The topological polar surface area (TPSA) is 61.8 Å². The molecule has 5 heteroatoms. The number of ether oxygens (including phenoxy) is 3. The molecule has 0 aromatic carbocycles. The number of hydrogen-bond donors (Lipinski definition) is 0. The Morgan fingerprint density at radius 2 is 0.712 bits per heavy atom. The summed E-state index contributed by atoms with van der Waals surface area (Å²) >= 11 is 0. The lowest BCUT2D eigenvalue weighted by molar-refractivity contribution is -0.162. The molecule has 0 saturated heterocycles. The van der Waals surface area contributed by atoms with Crippen LogP contribution in [0.1, 0.15) is 265 Å². The Labute approximate surface area is 409 Å². The van der Waals surface area contributed by atoms with E-state index in [0.717, 1.165) is 70.6 Å². The van der Waals surface area contributed by atoms with Gasteiger partial charge in [-0.05, 0) is 83.5 Å². The van der Waals surface area contributed by atoms with Gasteiger partial charge in [0.1, 0.15) is 6.61 Å². The summed E-state index contributed by atoms with van der Waals surface area (Å²) < 4.78 is 17.4. The number of hydrogen-bond acceptors (Lipinski definition) is 5. The lowest BCUT2D eigenvalue weighted by Gasteiger charge is -2.18. The first kappa shape index (κ1) is 63.1. The number of unbranched alkanes of at least 4 members (excludes halogenated alkanes) is 26. The standard InChI is InChI=1S/C61H106O5/c1-4-7-10-13-16-19-22-25-27-29-31-33-35-37-39-42-45-48-51-54-60(62)65-58-59(57-64-56-53-50-47-44-41-24-21-18-15-12-9-6-3)66-61(63)55-52-49-46-43-40-38-36-34-32-30-28-26-23-20-17-14-11-8-5-2/h7,10,16,19,25-28,31,33,37,39,45,48,59H,4-6,8-9,11-15,17-18,20-24,29-30,32,34-36,38,40-44,46-47,49-58H2,1-3H3/b10-7-,19-16-,27-25-,28-26-,33-31-,39-37-,48-45-. The van der Waals surface area contributed by atoms with Crippen molar-refractivity contribution in [3.63, 3.8) is 0 Å². The van der Waals surface area contributed by atoms with Crippen molar-refractivity contribution in [2.24, 2.45) is 0 Å². The molecule has 0 radical (unpaired) electrons. The first-order chi connectivity index (χ1) is 32.6. The van der Waals surface area contributed by atoms with E-state index in [0.29, 0.717) is 25.9 Å². The molecule has 0 N–H and O–H groups in total. The van der Waals surface area contributed by atoms with Crippen LogP contribution in [-0.2, 0) is 23.8 Å². The Morgan fingerprint density at radius 3 is 1.15 bits per heavy atom. The Kier molecular flexibility index (Phi) is 53.9. The van der Waals surface area contributed by atoms with Gasteiger partial charge in [0.15, 0.2) is 6.10 Å². The zero-order chi connectivity index (χ0) is 47.7. The minimum absolute atomic E-state index is 0.0439. The van der Waals surface area contributed by atoms with Crippen LogP contribution in [0.15, 0.2) is 85.1 Å². The quantitative estimate of drug-likeness (QED) is 0.0346.